The minimum absolute atomic E-state index is 0.302. The Kier molecular flexibility index (Phi) is 2.87. The van der Waals surface area contributed by atoms with E-state index in [0.717, 1.165) is 22.2 Å². The molecule has 0 spiro atoms. The lowest BCUT2D eigenvalue weighted by atomic mass is 10.2. The number of primary amides is 1. The van der Waals surface area contributed by atoms with Gasteiger partial charge in [0.1, 0.15) is 0 Å². The third kappa shape index (κ3) is 2.09. The first kappa shape index (κ1) is 12.2. The van der Waals surface area contributed by atoms with Crippen LogP contribution in [0, 0.1) is 0 Å². The zero-order valence-corrected chi connectivity index (χ0v) is 10.8. The summed E-state index contributed by atoms with van der Waals surface area (Å²) in [6.07, 6.45) is 0. The Balaban J connectivity index is 2.07. The number of nitrogens with zero attached hydrogens (tertiary/aromatic N) is 2. The highest BCUT2D eigenvalue weighted by Gasteiger charge is 2.14. The lowest BCUT2D eigenvalue weighted by Crippen LogP contribution is -2.13. The number of hydrogen-bond donors (Lipinski definition) is 2. The van der Waals surface area contributed by atoms with Crippen molar-refractivity contribution < 1.29 is 4.79 Å². The number of amides is 1. The number of carbonyl (C=O) groups excluding carboxylic acids is 1. The Hall–Kier alpha value is -2.82. The normalized spacial score (nSPS) is 10.8. The second-order valence-electron chi connectivity index (χ2n) is 4.63. The molecule has 5 heteroatoms. The minimum atomic E-state index is -0.516. The highest BCUT2D eigenvalue weighted by Crippen LogP contribution is 2.19. The van der Waals surface area contributed by atoms with Crippen molar-refractivity contribution in [2.24, 2.45) is 5.73 Å². The van der Waals surface area contributed by atoms with E-state index in [1.165, 1.54) is 0 Å². The molecule has 4 N–H and O–H groups in total. The first-order chi connectivity index (χ1) is 9.65. The Morgan fingerprint density at radius 2 is 1.80 bits per heavy atom. The van der Waals surface area contributed by atoms with Crippen LogP contribution in [-0.2, 0) is 6.54 Å². The van der Waals surface area contributed by atoms with Crippen molar-refractivity contribution in [2.75, 3.05) is 5.73 Å². The van der Waals surface area contributed by atoms with E-state index < -0.39 is 5.91 Å². The molecule has 0 aliphatic rings. The third-order valence-electron chi connectivity index (χ3n) is 3.20. The van der Waals surface area contributed by atoms with Gasteiger partial charge in [-0.05, 0) is 23.8 Å². The number of aromatic nitrogens is 2. The Bertz CT molecular complexity index is 774. The van der Waals surface area contributed by atoms with Gasteiger partial charge in [-0.3, -0.25) is 9.48 Å². The van der Waals surface area contributed by atoms with E-state index in [2.05, 4.69) is 5.10 Å². The molecule has 0 fully saturated rings. The summed E-state index contributed by atoms with van der Waals surface area (Å²) in [5, 5.41) is 5.09. The zero-order valence-electron chi connectivity index (χ0n) is 10.8. The highest BCUT2D eigenvalue weighted by molar-refractivity contribution is 6.04. The van der Waals surface area contributed by atoms with Crippen LogP contribution in [0.1, 0.15) is 16.1 Å². The van der Waals surface area contributed by atoms with Gasteiger partial charge in [0, 0.05) is 11.1 Å². The smallest absolute Gasteiger partial charge is 0.269 e. The first-order valence-corrected chi connectivity index (χ1v) is 6.25. The molecule has 3 aromatic rings. The van der Waals surface area contributed by atoms with Crippen LogP contribution in [0.3, 0.4) is 0 Å². The highest BCUT2D eigenvalue weighted by atomic mass is 16.1. The number of para-hydroxylation sites is 1. The van der Waals surface area contributed by atoms with Crippen LogP contribution in [0.15, 0.2) is 48.5 Å². The SMILES string of the molecule is NC(=O)c1nn(Cc2ccc(N)cc2)c2ccccc12. The quantitative estimate of drug-likeness (QED) is 0.708. The second-order valence-corrected chi connectivity index (χ2v) is 4.63. The number of carbonyl (C=O) groups is 1. The van der Waals surface area contributed by atoms with Crippen LogP contribution >= 0.6 is 0 Å². The van der Waals surface area contributed by atoms with Crippen molar-refractivity contribution in [2.45, 2.75) is 6.54 Å². The molecule has 0 aliphatic carbocycles. The molecule has 20 heavy (non-hydrogen) atoms. The zero-order chi connectivity index (χ0) is 14.1. The summed E-state index contributed by atoms with van der Waals surface area (Å²) in [5.41, 5.74) is 14.0. The molecule has 0 unspecified atom stereocenters. The average Bonchev–Trinajstić information content (AvgIpc) is 2.81. The summed E-state index contributed by atoms with van der Waals surface area (Å²) < 4.78 is 1.78. The van der Waals surface area contributed by atoms with Gasteiger partial charge in [0.15, 0.2) is 5.69 Å². The van der Waals surface area contributed by atoms with Crippen molar-refractivity contribution >= 4 is 22.5 Å². The molecule has 0 aliphatic heterocycles. The Morgan fingerprint density at radius 1 is 1.10 bits per heavy atom. The fourth-order valence-electron chi connectivity index (χ4n) is 2.23. The molecule has 0 bridgehead atoms. The predicted molar refractivity (Wildman–Crippen MR) is 78.2 cm³/mol. The molecule has 2 aromatic carbocycles. The number of hydrogen-bond acceptors (Lipinski definition) is 3. The van der Waals surface area contributed by atoms with Crippen LogP contribution in [-0.4, -0.2) is 15.7 Å². The van der Waals surface area contributed by atoms with Gasteiger partial charge in [0.25, 0.3) is 5.91 Å². The molecular weight excluding hydrogens is 252 g/mol. The van der Waals surface area contributed by atoms with Gasteiger partial charge < -0.3 is 11.5 Å². The van der Waals surface area contributed by atoms with Crippen LogP contribution < -0.4 is 11.5 Å². The molecule has 0 saturated carbocycles. The van der Waals surface area contributed by atoms with E-state index >= 15 is 0 Å². The van der Waals surface area contributed by atoms with Gasteiger partial charge in [-0.1, -0.05) is 30.3 Å². The standard InChI is InChI=1S/C15H14N4O/c16-11-7-5-10(6-8-11)9-19-13-4-2-1-3-12(13)14(18-19)15(17)20/h1-8H,9,16H2,(H2,17,20). The maximum absolute atomic E-state index is 11.5. The van der Waals surface area contributed by atoms with Gasteiger partial charge in [-0.15, -0.1) is 0 Å². The van der Waals surface area contributed by atoms with Gasteiger partial charge in [-0.2, -0.15) is 5.10 Å². The number of rotatable bonds is 3. The monoisotopic (exact) mass is 266 g/mol. The molecule has 0 saturated heterocycles. The molecular formula is C15H14N4O. The van der Waals surface area contributed by atoms with Crippen LogP contribution in [0.4, 0.5) is 5.69 Å². The van der Waals surface area contributed by atoms with Crippen molar-refractivity contribution in [3.63, 3.8) is 0 Å². The number of anilines is 1. The first-order valence-electron chi connectivity index (χ1n) is 6.25. The van der Waals surface area contributed by atoms with Crippen LogP contribution in [0.25, 0.3) is 10.9 Å². The van der Waals surface area contributed by atoms with E-state index in [4.69, 9.17) is 11.5 Å². The van der Waals surface area contributed by atoms with Crippen molar-refractivity contribution in [3.8, 4) is 0 Å². The van der Waals surface area contributed by atoms with E-state index in [1.54, 1.807) is 4.68 Å². The lowest BCUT2D eigenvalue weighted by molar-refractivity contribution is 0.0996. The summed E-state index contributed by atoms with van der Waals surface area (Å²) in [6, 6.07) is 15.1. The molecule has 5 nitrogen and oxygen atoms in total. The molecule has 1 aromatic heterocycles. The maximum atomic E-state index is 11.5. The van der Waals surface area contributed by atoms with Gasteiger partial charge >= 0.3 is 0 Å². The number of fused-ring (bicyclic) bond motifs is 1. The van der Waals surface area contributed by atoms with Crippen LogP contribution in [0.5, 0.6) is 0 Å². The molecule has 1 heterocycles. The summed E-state index contributed by atoms with van der Waals surface area (Å²) in [7, 11) is 0. The molecule has 100 valence electrons. The Morgan fingerprint density at radius 3 is 2.50 bits per heavy atom. The Labute approximate surface area is 115 Å². The molecule has 0 radical (unpaired) electrons. The third-order valence-corrected chi connectivity index (χ3v) is 3.20. The number of nitrogens with two attached hydrogens (primary N) is 2. The summed E-state index contributed by atoms with van der Waals surface area (Å²) in [5.74, 6) is -0.516. The number of nitrogen functional groups attached to an aromatic ring is 1. The predicted octanol–water partition coefficient (Wildman–Crippen LogP) is 1.77. The molecule has 1 amide bonds. The number of benzene rings is 2. The maximum Gasteiger partial charge on any atom is 0.269 e. The van der Waals surface area contributed by atoms with Gasteiger partial charge in [0.05, 0.1) is 12.1 Å². The fraction of sp³-hybridized carbons (Fsp3) is 0.0667. The minimum Gasteiger partial charge on any atom is -0.399 e. The van der Waals surface area contributed by atoms with E-state index in [-0.39, 0.29) is 0 Å². The van der Waals surface area contributed by atoms with Crippen molar-refractivity contribution in [3.05, 3.63) is 59.8 Å². The molecule has 0 atom stereocenters. The average molecular weight is 266 g/mol. The van der Waals surface area contributed by atoms with E-state index in [1.807, 2.05) is 48.5 Å². The summed E-state index contributed by atoms with van der Waals surface area (Å²) in [6.45, 7) is 0.564. The molecule has 3 rings (SSSR count). The van der Waals surface area contributed by atoms with Gasteiger partial charge in [-0.25, -0.2) is 0 Å². The van der Waals surface area contributed by atoms with E-state index in [0.29, 0.717) is 12.2 Å². The topological polar surface area (TPSA) is 86.9 Å². The largest absolute Gasteiger partial charge is 0.399 e. The summed E-state index contributed by atoms with van der Waals surface area (Å²) >= 11 is 0. The van der Waals surface area contributed by atoms with Crippen LogP contribution in [0.2, 0.25) is 0 Å². The van der Waals surface area contributed by atoms with Crippen molar-refractivity contribution in [1.29, 1.82) is 0 Å². The van der Waals surface area contributed by atoms with E-state index in [9.17, 15) is 4.79 Å². The van der Waals surface area contributed by atoms with Crippen molar-refractivity contribution in [1.82, 2.24) is 9.78 Å². The lowest BCUT2D eigenvalue weighted by Gasteiger charge is -2.04. The summed E-state index contributed by atoms with van der Waals surface area (Å²) in [4.78, 5) is 11.5. The van der Waals surface area contributed by atoms with Gasteiger partial charge in [0.2, 0.25) is 0 Å². The fourth-order valence-corrected chi connectivity index (χ4v) is 2.23. The second kappa shape index (κ2) is 4.70.